The number of aliphatic carboxylic acids is 1. The lowest BCUT2D eigenvalue weighted by molar-refractivity contribution is -0.151. The molecule has 172 valence electrons. The molecule has 3 atom stereocenters. The SMILES string of the molecule is CC(C)(C)OC(=O)NC(C(=O)N[C@H]1C(=O)N2C(C(=O)O)=C(CO)CS[C@@H]12)c1ccccc1. The molecule has 2 heterocycles. The first-order valence-corrected chi connectivity index (χ1v) is 10.9. The second-order valence-electron chi connectivity index (χ2n) is 8.30. The minimum atomic E-state index is -1.31. The first-order valence-electron chi connectivity index (χ1n) is 9.89. The van der Waals surface area contributed by atoms with E-state index in [1.807, 2.05) is 0 Å². The van der Waals surface area contributed by atoms with Crippen molar-refractivity contribution in [2.75, 3.05) is 12.4 Å². The number of amides is 3. The van der Waals surface area contributed by atoms with Crippen LogP contribution in [-0.4, -0.2) is 68.4 Å². The summed E-state index contributed by atoms with van der Waals surface area (Å²) in [6, 6.07) is 6.41. The quantitative estimate of drug-likeness (QED) is 0.457. The van der Waals surface area contributed by atoms with Crippen molar-refractivity contribution in [3.63, 3.8) is 0 Å². The number of thioether (sulfide) groups is 1. The Labute approximate surface area is 189 Å². The van der Waals surface area contributed by atoms with E-state index in [-0.39, 0.29) is 17.0 Å². The molecule has 0 bridgehead atoms. The molecule has 0 radical (unpaired) electrons. The fourth-order valence-electron chi connectivity index (χ4n) is 3.41. The van der Waals surface area contributed by atoms with Crippen molar-refractivity contribution in [1.29, 1.82) is 0 Å². The molecule has 1 aromatic carbocycles. The van der Waals surface area contributed by atoms with Crippen LogP contribution in [0.4, 0.5) is 4.79 Å². The molecule has 3 amide bonds. The van der Waals surface area contributed by atoms with E-state index in [0.717, 1.165) is 4.90 Å². The van der Waals surface area contributed by atoms with Gasteiger partial charge in [0.05, 0.1) is 6.61 Å². The summed E-state index contributed by atoms with van der Waals surface area (Å²) in [7, 11) is 0. The van der Waals surface area contributed by atoms with Gasteiger partial charge < -0.3 is 25.6 Å². The Balaban J connectivity index is 1.77. The van der Waals surface area contributed by atoms with Crippen molar-refractivity contribution < 1.29 is 34.1 Å². The van der Waals surface area contributed by atoms with E-state index < -0.39 is 53.5 Å². The predicted molar refractivity (Wildman–Crippen MR) is 115 cm³/mol. The summed E-state index contributed by atoms with van der Waals surface area (Å²) in [4.78, 5) is 50.7. The number of nitrogens with one attached hydrogen (secondary N) is 2. The largest absolute Gasteiger partial charge is 0.477 e. The summed E-state index contributed by atoms with van der Waals surface area (Å²) in [6.45, 7) is 4.61. The monoisotopic (exact) mass is 463 g/mol. The predicted octanol–water partition coefficient (Wildman–Crippen LogP) is 0.983. The van der Waals surface area contributed by atoms with Gasteiger partial charge in [0.15, 0.2) is 0 Å². The Morgan fingerprint density at radius 3 is 2.47 bits per heavy atom. The number of alkyl carbamates (subject to hydrolysis) is 1. The van der Waals surface area contributed by atoms with Crippen molar-refractivity contribution in [1.82, 2.24) is 15.5 Å². The van der Waals surface area contributed by atoms with Crippen LogP contribution in [0.5, 0.6) is 0 Å². The second-order valence-corrected chi connectivity index (χ2v) is 9.41. The number of benzene rings is 1. The molecule has 1 unspecified atom stereocenters. The summed E-state index contributed by atoms with van der Waals surface area (Å²) in [6.07, 6.45) is -0.793. The number of carboxylic acids is 1. The number of hydrogen-bond acceptors (Lipinski definition) is 7. The maximum atomic E-state index is 13.1. The molecule has 3 rings (SSSR count). The summed E-state index contributed by atoms with van der Waals surface area (Å²) < 4.78 is 5.25. The van der Waals surface area contributed by atoms with Gasteiger partial charge in [-0.05, 0) is 31.9 Å². The number of carboxylic acid groups (broad SMARTS) is 1. The number of β-lactam (4-membered cyclic amide) rings is 1. The van der Waals surface area contributed by atoms with E-state index in [9.17, 15) is 29.4 Å². The van der Waals surface area contributed by atoms with E-state index in [4.69, 9.17) is 4.74 Å². The fourth-order valence-corrected chi connectivity index (χ4v) is 4.75. The van der Waals surface area contributed by atoms with Crippen LogP contribution in [0.2, 0.25) is 0 Å². The molecule has 0 saturated carbocycles. The van der Waals surface area contributed by atoms with Crippen LogP contribution in [0.1, 0.15) is 32.4 Å². The standard InChI is InChI=1S/C21H25N3O7S/c1-21(2,3)31-20(30)23-13(11-7-5-4-6-8-11)16(26)22-14-17(27)24-15(19(28)29)12(9-25)10-32-18(14)24/h4-8,13-14,18,25H,9-10H2,1-3H3,(H,22,26)(H,23,30)(H,28,29)/t13?,14-,18-/m0/s1. The van der Waals surface area contributed by atoms with Crippen LogP contribution in [0.15, 0.2) is 41.6 Å². The third-order valence-corrected chi connectivity index (χ3v) is 6.13. The van der Waals surface area contributed by atoms with Crippen molar-refractivity contribution in [3.8, 4) is 0 Å². The van der Waals surface area contributed by atoms with Gasteiger partial charge in [-0.25, -0.2) is 9.59 Å². The molecule has 10 nitrogen and oxygen atoms in total. The third kappa shape index (κ3) is 4.89. The molecule has 1 saturated heterocycles. The number of fused-ring (bicyclic) bond motifs is 1. The summed E-state index contributed by atoms with van der Waals surface area (Å²) in [5.41, 5.74) is -0.289. The highest BCUT2D eigenvalue weighted by atomic mass is 32.2. The van der Waals surface area contributed by atoms with Crippen molar-refractivity contribution in [2.24, 2.45) is 0 Å². The molecule has 0 aliphatic carbocycles. The van der Waals surface area contributed by atoms with E-state index >= 15 is 0 Å². The Morgan fingerprint density at radius 1 is 1.25 bits per heavy atom. The minimum absolute atomic E-state index is 0.219. The number of nitrogens with zero attached hydrogens (tertiary/aromatic N) is 1. The van der Waals surface area contributed by atoms with E-state index in [1.165, 1.54) is 11.8 Å². The molecular formula is C21H25N3O7S. The number of carbonyl (C=O) groups is 4. The minimum Gasteiger partial charge on any atom is -0.477 e. The molecule has 0 spiro atoms. The zero-order valence-corrected chi connectivity index (χ0v) is 18.6. The number of carbonyl (C=O) groups excluding carboxylic acids is 3. The van der Waals surface area contributed by atoms with Crippen LogP contribution in [0, 0.1) is 0 Å². The number of hydrogen-bond donors (Lipinski definition) is 4. The van der Waals surface area contributed by atoms with Gasteiger partial charge >= 0.3 is 12.1 Å². The van der Waals surface area contributed by atoms with Gasteiger partial charge in [0, 0.05) is 5.75 Å². The number of aliphatic hydroxyl groups excluding tert-OH is 1. The molecule has 4 N–H and O–H groups in total. The lowest BCUT2D eigenvalue weighted by Gasteiger charge is -2.49. The van der Waals surface area contributed by atoms with Gasteiger partial charge in [0.2, 0.25) is 5.91 Å². The van der Waals surface area contributed by atoms with E-state index in [1.54, 1.807) is 51.1 Å². The van der Waals surface area contributed by atoms with E-state index in [2.05, 4.69) is 10.6 Å². The molecule has 1 fully saturated rings. The van der Waals surface area contributed by atoms with Crippen LogP contribution in [0.25, 0.3) is 0 Å². The van der Waals surface area contributed by atoms with Gasteiger partial charge in [-0.3, -0.25) is 14.5 Å². The first-order chi connectivity index (χ1) is 15.0. The highest BCUT2D eigenvalue weighted by Gasteiger charge is 2.54. The van der Waals surface area contributed by atoms with Gasteiger partial charge in [0.1, 0.15) is 28.8 Å². The maximum absolute atomic E-state index is 13.1. The number of rotatable bonds is 6. The Hall–Kier alpha value is -3.05. The van der Waals surface area contributed by atoms with Crippen LogP contribution < -0.4 is 10.6 Å². The molecule has 32 heavy (non-hydrogen) atoms. The van der Waals surface area contributed by atoms with Gasteiger partial charge in [0.25, 0.3) is 5.91 Å². The third-order valence-electron chi connectivity index (χ3n) is 4.79. The fraction of sp³-hybridized carbons (Fsp3) is 0.429. The zero-order chi connectivity index (χ0) is 23.6. The molecular weight excluding hydrogens is 438 g/mol. The maximum Gasteiger partial charge on any atom is 0.408 e. The van der Waals surface area contributed by atoms with Crippen molar-refractivity contribution in [2.45, 2.75) is 43.8 Å². The second kappa shape index (κ2) is 9.21. The van der Waals surface area contributed by atoms with Crippen LogP contribution in [-0.2, 0) is 19.1 Å². The normalized spacial score (nSPS) is 21.2. The molecule has 1 aromatic rings. The first kappa shape index (κ1) is 23.6. The van der Waals surface area contributed by atoms with Crippen molar-refractivity contribution >= 4 is 35.6 Å². The van der Waals surface area contributed by atoms with Gasteiger partial charge in [-0.2, -0.15) is 0 Å². The average molecular weight is 464 g/mol. The van der Waals surface area contributed by atoms with Gasteiger partial charge in [-0.1, -0.05) is 30.3 Å². The smallest absolute Gasteiger partial charge is 0.408 e. The molecule has 2 aliphatic rings. The van der Waals surface area contributed by atoms with Gasteiger partial charge in [-0.15, -0.1) is 11.8 Å². The lowest BCUT2D eigenvalue weighted by Crippen LogP contribution is -2.71. The lowest BCUT2D eigenvalue weighted by atomic mass is 10.0. The van der Waals surface area contributed by atoms with E-state index in [0.29, 0.717) is 5.56 Å². The Kier molecular flexibility index (Phi) is 6.79. The van der Waals surface area contributed by atoms with Crippen molar-refractivity contribution in [3.05, 3.63) is 47.2 Å². The number of aliphatic hydroxyl groups is 1. The number of ether oxygens (including phenoxy) is 1. The van der Waals surface area contributed by atoms with Crippen LogP contribution >= 0.6 is 11.8 Å². The Morgan fingerprint density at radius 2 is 1.91 bits per heavy atom. The molecule has 0 aromatic heterocycles. The summed E-state index contributed by atoms with van der Waals surface area (Å²) >= 11 is 1.25. The highest BCUT2D eigenvalue weighted by Crippen LogP contribution is 2.40. The summed E-state index contributed by atoms with van der Waals surface area (Å²) in [5, 5.41) is 23.4. The molecule has 11 heteroatoms. The average Bonchev–Trinajstić information content (AvgIpc) is 2.73. The highest BCUT2D eigenvalue weighted by molar-refractivity contribution is 8.00. The zero-order valence-electron chi connectivity index (χ0n) is 17.8. The molecule has 2 aliphatic heterocycles. The summed E-state index contributed by atoms with van der Waals surface area (Å²) in [5.74, 6) is -2.32. The van der Waals surface area contributed by atoms with Crippen LogP contribution in [0.3, 0.4) is 0 Å². The Bertz CT molecular complexity index is 958. The topological polar surface area (TPSA) is 145 Å².